The summed E-state index contributed by atoms with van der Waals surface area (Å²) in [5, 5.41) is 44.6. The quantitative estimate of drug-likeness (QED) is 0.234. The van der Waals surface area contributed by atoms with Gasteiger partial charge >= 0.3 is 0 Å². The molecule has 2 saturated carbocycles. The molecule has 2 aromatic carbocycles. The lowest BCUT2D eigenvalue weighted by atomic mass is 9.52. The summed E-state index contributed by atoms with van der Waals surface area (Å²) < 4.78 is 0. The predicted molar refractivity (Wildman–Crippen MR) is 256 cm³/mol. The average molecular weight is 829 g/mol. The summed E-state index contributed by atoms with van der Waals surface area (Å²) in [7, 11) is 0. The number of phenols is 2. The van der Waals surface area contributed by atoms with E-state index in [0.717, 1.165) is 80.1 Å². The van der Waals surface area contributed by atoms with Gasteiger partial charge in [0.2, 0.25) is 0 Å². The van der Waals surface area contributed by atoms with Crippen molar-refractivity contribution < 1.29 is 20.4 Å². The summed E-state index contributed by atoms with van der Waals surface area (Å²) in [5.74, 6) is 2.66. The molecule has 0 aromatic heterocycles. The maximum absolute atomic E-state index is 11.3. The first-order valence-corrected chi connectivity index (χ1v) is 23.4. The maximum atomic E-state index is 11.3. The summed E-state index contributed by atoms with van der Waals surface area (Å²) in [6.07, 6.45) is 24.6. The molecule has 4 nitrogen and oxygen atoms in total. The first kappa shape index (κ1) is 46.6. The second-order valence-electron chi connectivity index (χ2n) is 24.2. The molecule has 61 heavy (non-hydrogen) atoms. The lowest BCUT2D eigenvalue weighted by molar-refractivity contribution is 0.0187. The first-order valence-electron chi connectivity index (χ1n) is 23.4. The van der Waals surface area contributed by atoms with Crippen LogP contribution in [-0.2, 0) is 16.2 Å². The molecule has 2 fully saturated rings. The lowest BCUT2D eigenvalue weighted by Gasteiger charge is -2.53. The smallest absolute Gasteiger partial charge is 0.119 e. The Kier molecular flexibility index (Phi) is 12.5. The van der Waals surface area contributed by atoms with Crippen molar-refractivity contribution >= 4 is 0 Å². The van der Waals surface area contributed by atoms with Gasteiger partial charge in [-0.3, -0.25) is 0 Å². The van der Waals surface area contributed by atoms with Crippen LogP contribution in [0.4, 0.5) is 0 Å². The fourth-order valence-corrected chi connectivity index (χ4v) is 11.9. The number of aliphatic hydroxyl groups excluding tert-OH is 2. The summed E-state index contributed by atoms with van der Waals surface area (Å²) in [6.45, 7) is 31.2. The van der Waals surface area contributed by atoms with Crippen molar-refractivity contribution in [1.29, 1.82) is 0 Å². The van der Waals surface area contributed by atoms with Gasteiger partial charge in [-0.15, -0.1) is 0 Å². The molecule has 6 rings (SSSR count). The molecule has 2 aromatic rings. The number of phenolic OH excluding ortho intramolecular Hbond substituents is 2. The Bertz CT molecular complexity index is 2070. The molecule has 1 atom stereocenters. The van der Waals surface area contributed by atoms with Crippen LogP contribution >= 0.6 is 0 Å². The molecule has 0 radical (unpaired) electrons. The van der Waals surface area contributed by atoms with Gasteiger partial charge in [0, 0.05) is 16.7 Å². The van der Waals surface area contributed by atoms with Gasteiger partial charge in [-0.25, -0.2) is 0 Å². The Morgan fingerprint density at radius 3 is 1.48 bits per heavy atom. The van der Waals surface area contributed by atoms with Crippen LogP contribution in [0.25, 0.3) is 0 Å². The van der Waals surface area contributed by atoms with Crippen molar-refractivity contribution in [1.82, 2.24) is 0 Å². The molecule has 332 valence electrons. The molecule has 1 unspecified atom stereocenters. The van der Waals surface area contributed by atoms with E-state index in [0.29, 0.717) is 34.9 Å². The van der Waals surface area contributed by atoms with E-state index in [1.54, 1.807) is 0 Å². The molecule has 4 heteroatoms. The Hall–Kier alpha value is -3.92. The normalized spacial score (nSPS) is 24.8. The van der Waals surface area contributed by atoms with Gasteiger partial charge in [-0.2, -0.15) is 0 Å². The van der Waals surface area contributed by atoms with Crippen LogP contribution in [0.1, 0.15) is 177 Å². The molecule has 4 aliphatic rings. The van der Waals surface area contributed by atoms with E-state index in [-0.39, 0.29) is 43.8 Å². The van der Waals surface area contributed by atoms with Crippen molar-refractivity contribution in [3.63, 3.8) is 0 Å². The van der Waals surface area contributed by atoms with Crippen LogP contribution in [0.15, 0.2) is 107 Å². The third-order valence-electron chi connectivity index (χ3n) is 15.9. The highest BCUT2D eigenvalue weighted by Crippen LogP contribution is 2.60. The van der Waals surface area contributed by atoms with Crippen molar-refractivity contribution in [2.24, 2.45) is 39.4 Å². The average Bonchev–Trinajstić information content (AvgIpc) is 3.50. The molecule has 0 saturated heterocycles. The van der Waals surface area contributed by atoms with E-state index in [2.05, 4.69) is 152 Å². The lowest BCUT2D eigenvalue weighted by Crippen LogP contribution is -2.44. The van der Waals surface area contributed by atoms with Crippen LogP contribution in [0, 0.1) is 39.4 Å². The Morgan fingerprint density at radius 2 is 1.02 bits per heavy atom. The monoisotopic (exact) mass is 829 g/mol. The van der Waals surface area contributed by atoms with Gasteiger partial charge in [-0.05, 0) is 154 Å². The number of hydrogen-bond donors (Lipinski definition) is 4. The predicted octanol–water partition coefficient (Wildman–Crippen LogP) is 15.7. The van der Waals surface area contributed by atoms with Gasteiger partial charge in [0.1, 0.15) is 23.0 Å². The number of rotatable bonds is 6. The summed E-state index contributed by atoms with van der Waals surface area (Å²) in [6, 6.07) is 12.7. The second kappa shape index (κ2) is 16.3. The Balaban J connectivity index is 1.32. The Morgan fingerprint density at radius 1 is 0.541 bits per heavy atom. The largest absolute Gasteiger partial charge is 0.508 e. The molecule has 0 aliphatic heterocycles. The number of aromatic hydroxyl groups is 2. The molecule has 0 bridgehead atoms. The fraction of sp³-hybridized carbons (Fsp3) is 0.579. The molecular weight excluding hydrogens is 749 g/mol. The number of benzene rings is 2. The SMILES string of the molecule is CC(C)(C)C1=CCC(C2(C3C=CC(O)=C(C(C)(C)C)C=C3)CCC(C(C)(C)C3CCC(c4ccc(O)c(C(C)(C)C)c4)(c4ccc(O)c(C(C)(C)C)c4)CC3)CC2)=CC=C1O. The summed E-state index contributed by atoms with van der Waals surface area (Å²) >= 11 is 0. The van der Waals surface area contributed by atoms with E-state index in [1.165, 1.54) is 16.7 Å². The molecule has 4 aliphatic carbocycles. The highest BCUT2D eigenvalue weighted by molar-refractivity contribution is 5.51. The van der Waals surface area contributed by atoms with E-state index >= 15 is 0 Å². The highest BCUT2D eigenvalue weighted by Gasteiger charge is 2.50. The van der Waals surface area contributed by atoms with Gasteiger partial charge in [0.05, 0.1) is 0 Å². The Labute approximate surface area is 370 Å². The number of allylic oxidation sites excluding steroid dienone is 10. The second-order valence-corrected chi connectivity index (χ2v) is 24.2. The third kappa shape index (κ3) is 9.12. The number of hydrogen-bond acceptors (Lipinski definition) is 4. The van der Waals surface area contributed by atoms with E-state index in [9.17, 15) is 20.4 Å². The topological polar surface area (TPSA) is 80.9 Å². The molecule has 0 amide bonds. The van der Waals surface area contributed by atoms with E-state index in [4.69, 9.17) is 0 Å². The van der Waals surface area contributed by atoms with Crippen molar-refractivity contribution in [2.75, 3.05) is 0 Å². The third-order valence-corrected chi connectivity index (χ3v) is 15.9. The van der Waals surface area contributed by atoms with Crippen molar-refractivity contribution in [3.05, 3.63) is 129 Å². The van der Waals surface area contributed by atoms with Crippen LogP contribution < -0.4 is 0 Å². The standard InChI is InChI=1S/C57H80O4/c1-51(2,3)43-21-15-39(17-23-47(43)58)56(40-16-22-44(52(4,5)6)48(59)24-18-40)31-27-37(28-32-56)55(13,14)38-29-33-57(34-30-38,41-19-25-49(60)45(35-41)53(7,8)9)42-20-26-50(61)46(36-42)54(10,11)12/h15,17-26,35-39,58-61H,16,27-34H2,1-14H3. The zero-order chi connectivity index (χ0) is 45.1. The number of aliphatic hydroxyl groups is 2. The zero-order valence-corrected chi connectivity index (χ0v) is 40.4. The minimum absolute atomic E-state index is 0.117. The molecular formula is C57H80O4. The molecule has 4 N–H and O–H groups in total. The van der Waals surface area contributed by atoms with E-state index < -0.39 is 0 Å². The van der Waals surface area contributed by atoms with E-state index in [1.807, 2.05) is 24.3 Å². The minimum Gasteiger partial charge on any atom is -0.508 e. The van der Waals surface area contributed by atoms with Crippen LogP contribution in [0.5, 0.6) is 11.5 Å². The molecule has 0 heterocycles. The van der Waals surface area contributed by atoms with Gasteiger partial charge in [-0.1, -0.05) is 157 Å². The van der Waals surface area contributed by atoms with Crippen LogP contribution in [0.3, 0.4) is 0 Å². The zero-order valence-electron chi connectivity index (χ0n) is 40.4. The minimum atomic E-state index is -0.232. The summed E-state index contributed by atoms with van der Waals surface area (Å²) in [5.41, 5.74) is 6.84. The van der Waals surface area contributed by atoms with Crippen molar-refractivity contribution in [3.8, 4) is 11.5 Å². The van der Waals surface area contributed by atoms with Crippen molar-refractivity contribution in [2.45, 2.75) is 171 Å². The van der Waals surface area contributed by atoms with Gasteiger partial charge in [0.15, 0.2) is 0 Å². The van der Waals surface area contributed by atoms with Crippen LogP contribution in [0.2, 0.25) is 0 Å². The highest BCUT2D eigenvalue weighted by atomic mass is 16.3. The van der Waals surface area contributed by atoms with Gasteiger partial charge < -0.3 is 20.4 Å². The first-order chi connectivity index (χ1) is 28.1. The maximum Gasteiger partial charge on any atom is 0.119 e. The molecule has 0 spiro atoms. The van der Waals surface area contributed by atoms with Gasteiger partial charge in [0.25, 0.3) is 0 Å². The van der Waals surface area contributed by atoms with Crippen LogP contribution in [-0.4, -0.2) is 20.4 Å². The summed E-state index contributed by atoms with van der Waals surface area (Å²) in [4.78, 5) is 0. The fourth-order valence-electron chi connectivity index (χ4n) is 11.9.